The van der Waals surface area contributed by atoms with E-state index in [0.717, 1.165) is 23.4 Å². The van der Waals surface area contributed by atoms with E-state index in [1.54, 1.807) is 29.9 Å². The van der Waals surface area contributed by atoms with Crippen molar-refractivity contribution in [2.45, 2.75) is 25.0 Å². The number of amides is 1. The van der Waals surface area contributed by atoms with Crippen LogP contribution in [0.4, 0.5) is 0 Å². The highest BCUT2D eigenvalue weighted by molar-refractivity contribution is 5.85. The number of benzene rings is 1. The Bertz CT molecular complexity index is 745. The topological polar surface area (TPSA) is 79.6 Å². The number of ether oxygens (including phenoxy) is 1. The molecule has 0 aliphatic carbocycles. The van der Waals surface area contributed by atoms with Crippen LogP contribution in [0.15, 0.2) is 36.7 Å². The van der Waals surface area contributed by atoms with Gasteiger partial charge in [-0.05, 0) is 25.0 Å². The molecule has 7 nitrogen and oxygen atoms in total. The smallest absolute Gasteiger partial charge is 0.255 e. The number of likely N-dealkylation sites (N-methyl/N-ethyl adjacent to an activating group) is 1. The summed E-state index contributed by atoms with van der Waals surface area (Å²) in [6, 6.07) is 7.66. The number of aliphatic hydroxyl groups is 1. The maximum absolute atomic E-state index is 12.2. The van der Waals surface area contributed by atoms with Gasteiger partial charge >= 0.3 is 0 Å². The summed E-state index contributed by atoms with van der Waals surface area (Å²) in [6.07, 6.45) is 4.97. The number of carbonyl (C=O) groups excluding carboxylic acids is 1. The minimum absolute atomic E-state index is 0.212. The first-order chi connectivity index (χ1) is 12.0. The molecule has 1 aromatic carbocycles. The Kier molecular flexibility index (Phi) is 5.06. The fraction of sp³-hybridized carbons (Fsp3) is 0.444. The average molecular weight is 344 g/mol. The molecule has 0 saturated carbocycles. The van der Waals surface area contributed by atoms with Gasteiger partial charge in [-0.1, -0.05) is 12.1 Å². The van der Waals surface area contributed by atoms with E-state index in [1.807, 2.05) is 30.5 Å². The number of aromatic nitrogens is 2. The molecule has 1 aliphatic rings. The van der Waals surface area contributed by atoms with Gasteiger partial charge in [0.1, 0.15) is 11.4 Å². The summed E-state index contributed by atoms with van der Waals surface area (Å²) in [5.74, 6) is 0.534. The van der Waals surface area contributed by atoms with Crippen LogP contribution in [0.3, 0.4) is 0 Å². The van der Waals surface area contributed by atoms with E-state index in [9.17, 15) is 9.90 Å². The van der Waals surface area contributed by atoms with Crippen LogP contribution in [0, 0.1) is 0 Å². The molecule has 2 aromatic rings. The second-order valence-corrected chi connectivity index (χ2v) is 6.43. The number of nitrogens with one attached hydrogen (secondary N) is 1. The number of rotatable bonds is 6. The Morgan fingerprint density at radius 2 is 2.20 bits per heavy atom. The lowest BCUT2D eigenvalue weighted by Gasteiger charge is -2.36. The van der Waals surface area contributed by atoms with Gasteiger partial charge < -0.3 is 20.1 Å². The third-order valence-electron chi connectivity index (χ3n) is 4.54. The van der Waals surface area contributed by atoms with Crippen molar-refractivity contribution in [1.29, 1.82) is 0 Å². The summed E-state index contributed by atoms with van der Waals surface area (Å²) < 4.78 is 7.11. The third-order valence-corrected chi connectivity index (χ3v) is 4.54. The fourth-order valence-corrected chi connectivity index (χ4v) is 3.15. The molecule has 2 N–H and O–H groups in total. The summed E-state index contributed by atoms with van der Waals surface area (Å²) in [7, 11) is 3.35. The van der Waals surface area contributed by atoms with Crippen LogP contribution < -0.4 is 10.1 Å². The summed E-state index contributed by atoms with van der Waals surface area (Å²) in [4.78, 5) is 13.7. The molecule has 1 aliphatic heterocycles. The van der Waals surface area contributed by atoms with Crippen LogP contribution in [-0.2, 0) is 11.3 Å². The van der Waals surface area contributed by atoms with Crippen LogP contribution in [0.1, 0.15) is 18.4 Å². The number of para-hydroxylation sites is 2. The van der Waals surface area contributed by atoms with E-state index in [4.69, 9.17) is 4.74 Å². The lowest BCUT2D eigenvalue weighted by molar-refractivity contribution is -0.154. The van der Waals surface area contributed by atoms with Crippen LogP contribution in [0.25, 0.3) is 5.69 Å². The number of piperidine rings is 1. The van der Waals surface area contributed by atoms with E-state index in [1.165, 1.54) is 0 Å². The summed E-state index contributed by atoms with van der Waals surface area (Å²) in [5.41, 5.74) is 0.510. The molecule has 0 radical (unpaired) electrons. The molecular formula is C18H24N4O3. The number of likely N-dealkylation sites (tertiary alicyclic amines) is 1. The van der Waals surface area contributed by atoms with Gasteiger partial charge in [0.2, 0.25) is 0 Å². The molecule has 3 rings (SSSR count). The summed E-state index contributed by atoms with van der Waals surface area (Å²) in [5, 5.41) is 18.1. The molecule has 1 aromatic heterocycles. The Morgan fingerprint density at radius 3 is 3.00 bits per heavy atom. The second kappa shape index (κ2) is 7.25. The number of hydrogen-bond acceptors (Lipinski definition) is 5. The zero-order valence-corrected chi connectivity index (χ0v) is 14.6. The summed E-state index contributed by atoms with van der Waals surface area (Å²) >= 11 is 0. The Hall–Kier alpha value is -2.38. The minimum Gasteiger partial charge on any atom is -0.494 e. The van der Waals surface area contributed by atoms with E-state index in [2.05, 4.69) is 10.4 Å². The van der Waals surface area contributed by atoms with Crippen molar-refractivity contribution in [1.82, 2.24) is 20.0 Å². The SMILES string of the molecule is COc1ccccc1-n1cc(CNCC2(O)CCCN(C)C2=O)cn1. The van der Waals surface area contributed by atoms with Crippen molar-refractivity contribution in [2.75, 3.05) is 27.2 Å². The highest BCUT2D eigenvalue weighted by atomic mass is 16.5. The Morgan fingerprint density at radius 1 is 1.40 bits per heavy atom. The second-order valence-electron chi connectivity index (χ2n) is 6.43. The molecule has 134 valence electrons. The fourth-order valence-electron chi connectivity index (χ4n) is 3.15. The Balaban J connectivity index is 1.62. The van der Waals surface area contributed by atoms with Crippen molar-refractivity contribution < 1.29 is 14.6 Å². The van der Waals surface area contributed by atoms with Crippen molar-refractivity contribution in [3.05, 3.63) is 42.2 Å². The molecule has 1 saturated heterocycles. The number of carbonyl (C=O) groups is 1. The molecular weight excluding hydrogens is 320 g/mol. The average Bonchev–Trinajstić information content (AvgIpc) is 3.08. The van der Waals surface area contributed by atoms with Gasteiger partial charge in [0, 0.05) is 38.4 Å². The van der Waals surface area contributed by atoms with Crippen molar-refractivity contribution in [3.8, 4) is 11.4 Å². The van der Waals surface area contributed by atoms with Crippen molar-refractivity contribution in [2.24, 2.45) is 0 Å². The van der Waals surface area contributed by atoms with Crippen LogP contribution in [0.5, 0.6) is 5.75 Å². The van der Waals surface area contributed by atoms with Gasteiger partial charge in [0.05, 0.1) is 13.3 Å². The monoisotopic (exact) mass is 344 g/mol. The predicted octanol–water partition coefficient (Wildman–Crippen LogP) is 0.954. The zero-order valence-electron chi connectivity index (χ0n) is 14.6. The van der Waals surface area contributed by atoms with Gasteiger partial charge in [-0.25, -0.2) is 4.68 Å². The normalized spacial score (nSPS) is 20.8. The third kappa shape index (κ3) is 3.67. The maximum atomic E-state index is 12.2. The van der Waals surface area contributed by atoms with E-state index >= 15 is 0 Å². The quantitative estimate of drug-likeness (QED) is 0.816. The lowest BCUT2D eigenvalue weighted by atomic mass is 9.92. The molecule has 0 spiro atoms. The van der Waals surface area contributed by atoms with Gasteiger partial charge in [-0.15, -0.1) is 0 Å². The molecule has 1 unspecified atom stereocenters. The first kappa shape index (κ1) is 17.4. The molecule has 1 fully saturated rings. The van der Waals surface area contributed by atoms with Gasteiger partial charge in [0.15, 0.2) is 5.60 Å². The van der Waals surface area contributed by atoms with E-state index < -0.39 is 5.60 Å². The standard InChI is InChI=1S/C18H24N4O3/c1-21-9-5-8-18(24,17(21)23)13-19-10-14-11-20-22(12-14)15-6-3-4-7-16(15)25-2/h3-4,6-7,11-12,19,24H,5,8-10,13H2,1-2H3. The highest BCUT2D eigenvalue weighted by Gasteiger charge is 2.40. The van der Waals surface area contributed by atoms with Crippen LogP contribution in [-0.4, -0.2) is 58.5 Å². The predicted molar refractivity (Wildman–Crippen MR) is 93.6 cm³/mol. The minimum atomic E-state index is -1.31. The largest absolute Gasteiger partial charge is 0.494 e. The maximum Gasteiger partial charge on any atom is 0.255 e. The molecule has 1 amide bonds. The van der Waals surface area contributed by atoms with Gasteiger partial charge in [-0.3, -0.25) is 4.79 Å². The first-order valence-electron chi connectivity index (χ1n) is 8.39. The lowest BCUT2D eigenvalue weighted by Crippen LogP contribution is -2.56. The number of nitrogens with zero attached hydrogens (tertiary/aromatic N) is 3. The molecule has 0 bridgehead atoms. The Labute approximate surface area is 147 Å². The van der Waals surface area contributed by atoms with E-state index in [-0.39, 0.29) is 12.5 Å². The van der Waals surface area contributed by atoms with E-state index in [0.29, 0.717) is 19.5 Å². The van der Waals surface area contributed by atoms with Gasteiger partial charge in [0.25, 0.3) is 5.91 Å². The van der Waals surface area contributed by atoms with Crippen LogP contribution >= 0.6 is 0 Å². The van der Waals surface area contributed by atoms with Crippen LogP contribution in [0.2, 0.25) is 0 Å². The molecule has 1 atom stereocenters. The van der Waals surface area contributed by atoms with Crippen molar-refractivity contribution >= 4 is 5.91 Å². The molecule has 2 heterocycles. The van der Waals surface area contributed by atoms with Gasteiger partial charge in [-0.2, -0.15) is 5.10 Å². The molecule has 7 heteroatoms. The summed E-state index contributed by atoms with van der Waals surface area (Å²) in [6.45, 7) is 1.46. The molecule has 25 heavy (non-hydrogen) atoms. The zero-order chi connectivity index (χ0) is 17.9. The highest BCUT2D eigenvalue weighted by Crippen LogP contribution is 2.22. The number of hydrogen-bond donors (Lipinski definition) is 2. The van der Waals surface area contributed by atoms with Crippen molar-refractivity contribution in [3.63, 3.8) is 0 Å². The number of methoxy groups -OCH3 is 1. The first-order valence-corrected chi connectivity index (χ1v) is 8.39.